The van der Waals surface area contributed by atoms with Gasteiger partial charge in [-0.2, -0.15) is 0 Å². The Morgan fingerprint density at radius 1 is 1.40 bits per heavy atom. The van der Waals surface area contributed by atoms with Gasteiger partial charge >= 0.3 is 0 Å². The van der Waals surface area contributed by atoms with Gasteiger partial charge in [-0.1, -0.05) is 0 Å². The summed E-state index contributed by atoms with van der Waals surface area (Å²) in [7, 11) is 1.50. The van der Waals surface area contributed by atoms with Gasteiger partial charge in [0.05, 0.1) is 0 Å². The van der Waals surface area contributed by atoms with Crippen LogP contribution in [0.2, 0.25) is 0 Å². The number of hydrogen-bond acceptors (Lipinski definition) is 3. The quantitative estimate of drug-likeness (QED) is 0.533. The van der Waals surface area contributed by atoms with Crippen LogP contribution in [0, 0.1) is 0 Å². The number of likely N-dealkylation sites (N-methyl/N-ethyl adjacent to an activating group) is 1. The maximum absolute atomic E-state index is 11.3. The fraction of sp³-hybridized carbons (Fsp3) is 0.100. The van der Waals surface area contributed by atoms with E-state index in [1.165, 1.54) is 7.05 Å². The van der Waals surface area contributed by atoms with Crippen molar-refractivity contribution in [3.8, 4) is 0 Å². The van der Waals surface area contributed by atoms with Crippen LogP contribution in [0.5, 0.6) is 0 Å². The third kappa shape index (κ3) is 3.22. The van der Waals surface area contributed by atoms with Crippen molar-refractivity contribution >= 4 is 18.4 Å². The molecule has 1 aromatic rings. The van der Waals surface area contributed by atoms with Crippen molar-refractivity contribution in [2.24, 2.45) is 0 Å². The third-order valence-electron chi connectivity index (χ3n) is 1.70. The molecule has 0 saturated carbocycles. The van der Waals surface area contributed by atoms with Gasteiger partial charge in [-0.15, -0.1) is 0 Å². The molecule has 1 heterocycles. The summed E-state index contributed by atoms with van der Waals surface area (Å²) in [5.41, 5.74) is 0.983. The van der Waals surface area contributed by atoms with Crippen LogP contribution in [-0.2, 0) is 9.59 Å². The summed E-state index contributed by atoms with van der Waals surface area (Å²) >= 11 is 0. The van der Waals surface area contributed by atoms with Crippen molar-refractivity contribution in [3.63, 3.8) is 0 Å². The van der Waals surface area contributed by atoms with Crippen LogP contribution in [0.15, 0.2) is 30.2 Å². The minimum absolute atomic E-state index is 0.193. The van der Waals surface area contributed by atoms with E-state index in [0.717, 1.165) is 5.56 Å². The summed E-state index contributed by atoms with van der Waals surface area (Å²) in [4.78, 5) is 25.4. The summed E-state index contributed by atoms with van der Waals surface area (Å²) in [6.07, 6.45) is 5.24. The Morgan fingerprint density at radius 2 is 2.07 bits per heavy atom. The molecule has 0 aliphatic rings. The molecule has 0 unspecified atom stereocenters. The second-order valence-corrected chi connectivity index (χ2v) is 2.68. The molecule has 0 aromatic carbocycles. The summed E-state index contributed by atoms with van der Waals surface area (Å²) in [5, 5.41) is 4.76. The van der Waals surface area contributed by atoms with E-state index >= 15 is 0 Å². The average molecular weight is 205 g/mol. The van der Waals surface area contributed by atoms with Crippen molar-refractivity contribution in [3.05, 3.63) is 35.8 Å². The molecule has 0 saturated heterocycles. The number of nitrogens with one attached hydrogen (secondary N) is 2. The van der Waals surface area contributed by atoms with E-state index in [-0.39, 0.29) is 11.6 Å². The highest BCUT2D eigenvalue weighted by Gasteiger charge is 2.05. The molecule has 0 atom stereocenters. The number of carbonyl (C=O) groups is 2. The van der Waals surface area contributed by atoms with E-state index in [2.05, 4.69) is 15.6 Å². The molecule has 5 nitrogen and oxygen atoms in total. The topological polar surface area (TPSA) is 71.1 Å². The van der Waals surface area contributed by atoms with E-state index in [9.17, 15) is 9.59 Å². The van der Waals surface area contributed by atoms with Gasteiger partial charge in [-0.3, -0.25) is 14.6 Å². The molecule has 0 fully saturated rings. The Morgan fingerprint density at radius 3 is 2.60 bits per heavy atom. The van der Waals surface area contributed by atoms with Gasteiger partial charge in [0.2, 0.25) is 6.41 Å². The summed E-state index contributed by atoms with van der Waals surface area (Å²) in [5.74, 6) is -0.348. The maximum Gasteiger partial charge on any atom is 0.267 e. The first kappa shape index (κ1) is 10.9. The van der Waals surface area contributed by atoms with Crippen LogP contribution < -0.4 is 10.6 Å². The van der Waals surface area contributed by atoms with Crippen LogP contribution in [-0.4, -0.2) is 24.3 Å². The standard InChI is InChI=1S/C10H11N3O2/c1-11-10(15)9(13-7-14)6-8-2-4-12-5-3-8/h2-7H,1H3,(H,11,15)(H,13,14)/b9-6-. The van der Waals surface area contributed by atoms with Gasteiger partial charge in [-0.05, 0) is 23.8 Å². The first-order valence-corrected chi connectivity index (χ1v) is 4.32. The van der Waals surface area contributed by atoms with Gasteiger partial charge in [0.15, 0.2) is 0 Å². The molecule has 1 rings (SSSR count). The van der Waals surface area contributed by atoms with Crippen LogP contribution in [0.25, 0.3) is 6.08 Å². The fourth-order valence-corrected chi connectivity index (χ4v) is 0.997. The predicted octanol–water partition coefficient (Wildman–Crippen LogP) is -0.0855. The molecule has 0 aliphatic carbocycles. The van der Waals surface area contributed by atoms with Crippen LogP contribution in [0.3, 0.4) is 0 Å². The van der Waals surface area contributed by atoms with Crippen LogP contribution in [0.4, 0.5) is 0 Å². The lowest BCUT2D eigenvalue weighted by Crippen LogP contribution is -2.28. The van der Waals surface area contributed by atoms with E-state index in [1.54, 1.807) is 30.6 Å². The van der Waals surface area contributed by atoms with Gasteiger partial charge < -0.3 is 10.6 Å². The van der Waals surface area contributed by atoms with E-state index in [4.69, 9.17) is 0 Å². The first-order chi connectivity index (χ1) is 7.27. The minimum Gasteiger partial charge on any atom is -0.354 e. The number of amides is 2. The van der Waals surface area contributed by atoms with Gasteiger partial charge in [-0.25, -0.2) is 0 Å². The molecule has 1 aromatic heterocycles. The molecule has 0 bridgehead atoms. The lowest BCUT2D eigenvalue weighted by atomic mass is 10.2. The third-order valence-corrected chi connectivity index (χ3v) is 1.70. The molecule has 2 N–H and O–H groups in total. The van der Waals surface area contributed by atoms with Crippen molar-refractivity contribution in [2.45, 2.75) is 0 Å². The largest absolute Gasteiger partial charge is 0.354 e. The molecular formula is C10H11N3O2. The lowest BCUT2D eigenvalue weighted by Gasteiger charge is -2.03. The van der Waals surface area contributed by atoms with Crippen LogP contribution in [0.1, 0.15) is 5.56 Å². The molecule has 0 aliphatic heterocycles. The zero-order chi connectivity index (χ0) is 11.1. The predicted molar refractivity (Wildman–Crippen MR) is 55.5 cm³/mol. The lowest BCUT2D eigenvalue weighted by molar-refractivity contribution is -0.118. The second-order valence-electron chi connectivity index (χ2n) is 2.68. The highest BCUT2D eigenvalue weighted by Crippen LogP contribution is 2.02. The van der Waals surface area contributed by atoms with E-state index < -0.39 is 0 Å². The smallest absolute Gasteiger partial charge is 0.267 e. The molecule has 78 valence electrons. The fourth-order valence-electron chi connectivity index (χ4n) is 0.997. The highest BCUT2D eigenvalue weighted by molar-refractivity contribution is 5.98. The normalized spacial score (nSPS) is 10.6. The van der Waals surface area contributed by atoms with Gasteiger partial charge in [0.1, 0.15) is 5.70 Å². The summed E-state index contributed by atoms with van der Waals surface area (Å²) in [6, 6.07) is 3.46. The summed E-state index contributed by atoms with van der Waals surface area (Å²) in [6.45, 7) is 0. The van der Waals surface area contributed by atoms with Crippen molar-refractivity contribution in [1.29, 1.82) is 0 Å². The van der Waals surface area contributed by atoms with E-state index in [0.29, 0.717) is 6.41 Å². The number of carbonyl (C=O) groups excluding carboxylic acids is 2. The van der Waals surface area contributed by atoms with Crippen molar-refractivity contribution < 1.29 is 9.59 Å². The number of pyridine rings is 1. The molecule has 0 spiro atoms. The minimum atomic E-state index is -0.348. The number of hydrogen-bond donors (Lipinski definition) is 2. The second kappa shape index (κ2) is 5.54. The van der Waals surface area contributed by atoms with Crippen molar-refractivity contribution in [1.82, 2.24) is 15.6 Å². The highest BCUT2D eigenvalue weighted by atomic mass is 16.2. The monoisotopic (exact) mass is 205 g/mol. The Hall–Kier alpha value is -2.17. The molecule has 15 heavy (non-hydrogen) atoms. The Bertz CT molecular complexity index is 374. The zero-order valence-corrected chi connectivity index (χ0v) is 8.23. The van der Waals surface area contributed by atoms with Crippen molar-refractivity contribution in [2.75, 3.05) is 7.05 Å². The molecule has 0 radical (unpaired) electrons. The van der Waals surface area contributed by atoms with Gasteiger partial charge in [0.25, 0.3) is 5.91 Å². The number of aromatic nitrogens is 1. The number of rotatable bonds is 4. The SMILES string of the molecule is CNC(=O)/C(=C/c1ccncc1)NC=O. The molecule has 2 amide bonds. The van der Waals surface area contributed by atoms with Crippen LogP contribution >= 0.6 is 0 Å². The first-order valence-electron chi connectivity index (χ1n) is 4.32. The zero-order valence-electron chi connectivity index (χ0n) is 8.23. The van der Waals surface area contributed by atoms with Gasteiger partial charge in [0, 0.05) is 19.4 Å². The summed E-state index contributed by atoms with van der Waals surface area (Å²) < 4.78 is 0. The average Bonchev–Trinajstić information content (AvgIpc) is 2.29. The Labute approximate surface area is 87.2 Å². The molecule has 5 heteroatoms. The van der Waals surface area contributed by atoms with E-state index in [1.807, 2.05) is 0 Å². The number of nitrogens with zero attached hydrogens (tertiary/aromatic N) is 1. The maximum atomic E-state index is 11.3. The Balaban J connectivity index is 2.93. The molecular weight excluding hydrogens is 194 g/mol. The Kier molecular flexibility index (Phi) is 4.03.